The van der Waals surface area contributed by atoms with Crippen molar-refractivity contribution in [3.8, 4) is 11.1 Å². The minimum Gasteiger partial charge on any atom is -0.294 e. The zero-order valence-electron chi connectivity index (χ0n) is 10.6. The maximum atomic E-state index is 11.8. The lowest BCUT2D eigenvalue weighted by Gasteiger charge is -2.09. The van der Waals surface area contributed by atoms with Gasteiger partial charge < -0.3 is 0 Å². The van der Waals surface area contributed by atoms with E-state index in [1.54, 1.807) is 13.1 Å². The standard InChI is InChI=1S/C17H13NO/c1-12(19)13-6-2-3-7-14(13)15-8-4-10-17-16(15)9-5-11-18-17/h2-11H,1H3. The molecule has 0 aliphatic carbocycles. The van der Waals surface area contributed by atoms with Crippen LogP contribution in [0.1, 0.15) is 17.3 Å². The first kappa shape index (κ1) is 11.6. The third kappa shape index (κ3) is 2.02. The van der Waals surface area contributed by atoms with Crippen molar-refractivity contribution in [3.63, 3.8) is 0 Å². The molecule has 0 aliphatic heterocycles. The van der Waals surface area contributed by atoms with E-state index in [1.165, 1.54) is 0 Å². The van der Waals surface area contributed by atoms with E-state index in [4.69, 9.17) is 0 Å². The molecular formula is C17H13NO. The summed E-state index contributed by atoms with van der Waals surface area (Å²) in [6.45, 7) is 1.60. The molecule has 3 rings (SSSR count). The van der Waals surface area contributed by atoms with Crippen LogP contribution in [0.3, 0.4) is 0 Å². The smallest absolute Gasteiger partial charge is 0.160 e. The van der Waals surface area contributed by atoms with Crippen LogP contribution in [0.2, 0.25) is 0 Å². The van der Waals surface area contributed by atoms with Gasteiger partial charge >= 0.3 is 0 Å². The molecule has 0 bridgehead atoms. The Morgan fingerprint density at radius 3 is 2.53 bits per heavy atom. The van der Waals surface area contributed by atoms with E-state index in [0.717, 1.165) is 27.6 Å². The van der Waals surface area contributed by atoms with Gasteiger partial charge in [-0.2, -0.15) is 0 Å². The molecule has 19 heavy (non-hydrogen) atoms. The number of ketones is 1. The van der Waals surface area contributed by atoms with Gasteiger partial charge in [0.05, 0.1) is 5.52 Å². The molecule has 2 heteroatoms. The Morgan fingerprint density at radius 2 is 1.68 bits per heavy atom. The summed E-state index contributed by atoms with van der Waals surface area (Å²) in [4.78, 5) is 16.1. The second-order valence-electron chi connectivity index (χ2n) is 4.48. The molecule has 0 radical (unpaired) electrons. The quantitative estimate of drug-likeness (QED) is 0.638. The molecule has 1 heterocycles. The van der Waals surface area contributed by atoms with Gasteiger partial charge in [-0.25, -0.2) is 0 Å². The van der Waals surface area contributed by atoms with Gasteiger partial charge in [-0.05, 0) is 30.2 Å². The SMILES string of the molecule is CC(=O)c1ccccc1-c1cccc2ncccc12. The van der Waals surface area contributed by atoms with Gasteiger partial charge in [0.15, 0.2) is 5.78 Å². The summed E-state index contributed by atoms with van der Waals surface area (Å²) >= 11 is 0. The molecule has 2 nitrogen and oxygen atoms in total. The molecule has 0 atom stereocenters. The van der Waals surface area contributed by atoms with Crippen molar-refractivity contribution in [2.45, 2.75) is 6.92 Å². The zero-order chi connectivity index (χ0) is 13.2. The van der Waals surface area contributed by atoms with Crippen molar-refractivity contribution in [2.24, 2.45) is 0 Å². The summed E-state index contributed by atoms with van der Waals surface area (Å²) in [7, 11) is 0. The fourth-order valence-electron chi connectivity index (χ4n) is 2.36. The minimum absolute atomic E-state index is 0.0801. The van der Waals surface area contributed by atoms with Crippen LogP contribution < -0.4 is 0 Å². The van der Waals surface area contributed by atoms with E-state index in [9.17, 15) is 4.79 Å². The van der Waals surface area contributed by atoms with Crippen LogP contribution in [0.25, 0.3) is 22.0 Å². The predicted octanol–water partition coefficient (Wildman–Crippen LogP) is 4.10. The number of fused-ring (bicyclic) bond motifs is 1. The first-order chi connectivity index (χ1) is 9.27. The van der Waals surface area contributed by atoms with Crippen LogP contribution >= 0.6 is 0 Å². The Bertz CT molecular complexity index is 757. The van der Waals surface area contributed by atoms with Crippen molar-refractivity contribution < 1.29 is 4.79 Å². The molecule has 0 unspecified atom stereocenters. The summed E-state index contributed by atoms with van der Waals surface area (Å²) < 4.78 is 0. The minimum atomic E-state index is 0.0801. The molecule has 0 fully saturated rings. The second kappa shape index (κ2) is 4.65. The van der Waals surface area contributed by atoms with Crippen molar-refractivity contribution in [3.05, 3.63) is 66.4 Å². The van der Waals surface area contributed by atoms with Gasteiger partial charge in [-0.1, -0.05) is 42.5 Å². The highest BCUT2D eigenvalue weighted by molar-refractivity contribution is 6.05. The first-order valence-electron chi connectivity index (χ1n) is 6.21. The zero-order valence-corrected chi connectivity index (χ0v) is 10.6. The van der Waals surface area contributed by atoms with Crippen LogP contribution in [0, 0.1) is 0 Å². The Balaban J connectivity index is 2.34. The number of rotatable bonds is 2. The van der Waals surface area contributed by atoms with E-state index in [1.807, 2.05) is 54.6 Å². The van der Waals surface area contributed by atoms with Gasteiger partial charge in [0.2, 0.25) is 0 Å². The highest BCUT2D eigenvalue weighted by atomic mass is 16.1. The first-order valence-corrected chi connectivity index (χ1v) is 6.21. The van der Waals surface area contributed by atoms with Gasteiger partial charge in [0.1, 0.15) is 0 Å². The van der Waals surface area contributed by atoms with Crippen LogP contribution in [-0.4, -0.2) is 10.8 Å². The van der Waals surface area contributed by atoms with Crippen LogP contribution in [0.4, 0.5) is 0 Å². The molecule has 0 saturated heterocycles. The number of Topliss-reactive ketones (excluding diaryl/α,β-unsaturated/α-hetero) is 1. The number of benzene rings is 2. The molecule has 0 saturated carbocycles. The van der Waals surface area contributed by atoms with Crippen molar-refractivity contribution in [2.75, 3.05) is 0 Å². The fraction of sp³-hybridized carbons (Fsp3) is 0.0588. The molecule has 2 aromatic carbocycles. The topological polar surface area (TPSA) is 30.0 Å². The normalized spacial score (nSPS) is 10.6. The summed E-state index contributed by atoms with van der Waals surface area (Å²) in [6.07, 6.45) is 1.78. The Kier molecular flexibility index (Phi) is 2.84. The molecular weight excluding hydrogens is 234 g/mol. The van der Waals surface area contributed by atoms with Gasteiger partial charge in [-0.15, -0.1) is 0 Å². The highest BCUT2D eigenvalue weighted by Gasteiger charge is 2.10. The van der Waals surface area contributed by atoms with Gasteiger partial charge in [0, 0.05) is 17.1 Å². The van der Waals surface area contributed by atoms with Crippen molar-refractivity contribution in [1.82, 2.24) is 4.98 Å². The lowest BCUT2D eigenvalue weighted by molar-refractivity contribution is 0.101. The number of pyridine rings is 1. The van der Waals surface area contributed by atoms with E-state index in [0.29, 0.717) is 0 Å². The van der Waals surface area contributed by atoms with Crippen LogP contribution in [0.5, 0.6) is 0 Å². The Hall–Kier alpha value is -2.48. The lowest BCUT2D eigenvalue weighted by atomic mass is 9.94. The third-order valence-electron chi connectivity index (χ3n) is 3.24. The summed E-state index contributed by atoms with van der Waals surface area (Å²) in [5, 5.41) is 1.07. The number of nitrogens with zero attached hydrogens (tertiary/aromatic N) is 1. The van der Waals surface area contributed by atoms with E-state index in [-0.39, 0.29) is 5.78 Å². The molecule has 0 spiro atoms. The van der Waals surface area contributed by atoms with Crippen molar-refractivity contribution in [1.29, 1.82) is 0 Å². The van der Waals surface area contributed by atoms with Crippen molar-refractivity contribution >= 4 is 16.7 Å². The molecule has 0 N–H and O–H groups in total. The van der Waals surface area contributed by atoms with E-state index >= 15 is 0 Å². The lowest BCUT2D eigenvalue weighted by Crippen LogP contribution is -1.96. The number of hydrogen-bond acceptors (Lipinski definition) is 2. The number of aromatic nitrogens is 1. The summed E-state index contributed by atoms with van der Waals surface area (Å²) in [6, 6.07) is 17.6. The van der Waals surface area contributed by atoms with Crippen LogP contribution in [-0.2, 0) is 0 Å². The Labute approximate surface area is 111 Å². The fourth-order valence-corrected chi connectivity index (χ4v) is 2.36. The number of carbonyl (C=O) groups excluding carboxylic acids is 1. The van der Waals surface area contributed by atoms with Crippen LogP contribution in [0.15, 0.2) is 60.8 Å². The third-order valence-corrected chi connectivity index (χ3v) is 3.24. The number of carbonyl (C=O) groups is 1. The van der Waals surface area contributed by atoms with Gasteiger partial charge in [-0.3, -0.25) is 9.78 Å². The summed E-state index contributed by atoms with van der Waals surface area (Å²) in [5.74, 6) is 0.0801. The Morgan fingerprint density at radius 1 is 0.895 bits per heavy atom. The molecule has 92 valence electrons. The van der Waals surface area contributed by atoms with E-state index in [2.05, 4.69) is 4.98 Å². The largest absolute Gasteiger partial charge is 0.294 e. The molecule has 1 aromatic heterocycles. The second-order valence-corrected chi connectivity index (χ2v) is 4.48. The molecule has 3 aromatic rings. The molecule has 0 amide bonds. The molecule has 0 aliphatic rings. The summed E-state index contributed by atoms with van der Waals surface area (Å²) in [5.41, 5.74) is 3.71. The maximum absolute atomic E-state index is 11.8. The predicted molar refractivity (Wildman–Crippen MR) is 77.2 cm³/mol. The number of hydrogen-bond donors (Lipinski definition) is 0. The van der Waals surface area contributed by atoms with E-state index < -0.39 is 0 Å². The van der Waals surface area contributed by atoms with Gasteiger partial charge in [0.25, 0.3) is 0 Å². The highest BCUT2D eigenvalue weighted by Crippen LogP contribution is 2.30. The maximum Gasteiger partial charge on any atom is 0.160 e. The average Bonchev–Trinajstić information content (AvgIpc) is 2.46. The monoisotopic (exact) mass is 247 g/mol. The average molecular weight is 247 g/mol.